The van der Waals surface area contributed by atoms with E-state index in [9.17, 15) is 39.6 Å². The predicted molar refractivity (Wildman–Crippen MR) is 152 cm³/mol. The lowest BCUT2D eigenvalue weighted by molar-refractivity contribution is -0.152. The SMILES string of the molecule is CC(=O)CC(=O)[C@@](O)(CO)C(CCO)CC1CC(=O)c2c(O)c(NC(=O)CCC(C)(C)C)cc(N(C)C)c2C1.[HH].[HH]. The number of aromatic hydroxyl groups is 1. The highest BCUT2D eigenvalue weighted by Crippen LogP contribution is 2.44. The van der Waals surface area contributed by atoms with Crippen LogP contribution in [0.15, 0.2) is 6.07 Å². The number of carbonyl (C=O) groups excluding carboxylic acids is 4. The summed E-state index contributed by atoms with van der Waals surface area (Å²) in [7, 11) is 3.57. The van der Waals surface area contributed by atoms with Gasteiger partial charge in [0.25, 0.3) is 0 Å². The van der Waals surface area contributed by atoms with Crippen LogP contribution in [0.25, 0.3) is 0 Å². The zero-order valence-corrected chi connectivity index (χ0v) is 24.0. The molecule has 2 rings (SSSR count). The van der Waals surface area contributed by atoms with Crippen molar-refractivity contribution >= 4 is 34.6 Å². The van der Waals surface area contributed by atoms with Crippen molar-refractivity contribution < 1.29 is 42.5 Å². The number of Topliss-reactive ketones (excluding diaryl/α,β-unsaturated/α-hetero) is 3. The third-order valence-corrected chi connectivity index (χ3v) is 7.39. The first kappa shape index (κ1) is 32.4. The van der Waals surface area contributed by atoms with Crippen LogP contribution in [0.3, 0.4) is 0 Å². The standard InChI is InChI=1S/C29H44N2O8.2H2/c1-17(34)11-24(36)29(39,16-33)19(8-10-32)12-18-13-20-22(31(5)6)15-21(27(38)26(20)23(35)14-18)30-25(37)7-9-28(2,3)4;;/h15,18-19,32-33,38-39H,7-14,16H2,1-6H3,(H,30,37);2*1H/t18?,19?,29-;;/m1../s1. The van der Waals surface area contributed by atoms with Gasteiger partial charge in [0.1, 0.15) is 17.1 Å². The second kappa shape index (κ2) is 13.0. The molecule has 0 radical (unpaired) electrons. The molecule has 0 heterocycles. The molecule has 1 aromatic carbocycles. The number of nitrogens with one attached hydrogen (secondary N) is 1. The van der Waals surface area contributed by atoms with Crippen LogP contribution in [0, 0.1) is 17.3 Å². The molecule has 0 spiro atoms. The van der Waals surface area contributed by atoms with Crippen LogP contribution in [0.4, 0.5) is 11.4 Å². The fourth-order valence-corrected chi connectivity index (χ4v) is 5.23. The summed E-state index contributed by atoms with van der Waals surface area (Å²) in [5.41, 5.74) is -0.765. The highest BCUT2D eigenvalue weighted by atomic mass is 16.3. The molecule has 10 nitrogen and oxygen atoms in total. The Labute approximate surface area is 233 Å². The summed E-state index contributed by atoms with van der Waals surface area (Å²) in [5.74, 6) is -3.44. The summed E-state index contributed by atoms with van der Waals surface area (Å²) in [6.45, 7) is 6.03. The number of phenols is 1. The molecule has 3 atom stereocenters. The van der Waals surface area contributed by atoms with Gasteiger partial charge in [-0.1, -0.05) is 20.8 Å². The van der Waals surface area contributed by atoms with E-state index >= 15 is 0 Å². The summed E-state index contributed by atoms with van der Waals surface area (Å²) in [6, 6.07) is 1.63. The zero-order valence-electron chi connectivity index (χ0n) is 24.0. The average molecular weight is 553 g/mol. The minimum atomic E-state index is -2.23. The molecule has 10 heteroatoms. The Morgan fingerprint density at radius 1 is 1.18 bits per heavy atom. The second-order valence-corrected chi connectivity index (χ2v) is 12.2. The summed E-state index contributed by atoms with van der Waals surface area (Å²) in [5, 5.41) is 44.4. The van der Waals surface area contributed by atoms with Crippen molar-refractivity contribution in [1.82, 2.24) is 0 Å². The number of ketones is 3. The van der Waals surface area contributed by atoms with Crippen LogP contribution in [0.5, 0.6) is 5.75 Å². The minimum Gasteiger partial charge on any atom is -0.505 e. The number of aliphatic hydroxyl groups excluding tert-OH is 2. The van der Waals surface area contributed by atoms with Crippen LogP contribution < -0.4 is 10.2 Å². The van der Waals surface area contributed by atoms with Gasteiger partial charge in [0.2, 0.25) is 5.91 Å². The van der Waals surface area contributed by atoms with Gasteiger partial charge in [-0.3, -0.25) is 19.2 Å². The van der Waals surface area contributed by atoms with Crippen molar-refractivity contribution in [2.75, 3.05) is 37.5 Å². The average Bonchev–Trinajstić information content (AvgIpc) is 2.82. The van der Waals surface area contributed by atoms with Crippen LogP contribution >= 0.6 is 0 Å². The lowest BCUT2D eigenvalue weighted by atomic mass is 9.71. The fraction of sp³-hybridized carbons (Fsp3) is 0.655. The van der Waals surface area contributed by atoms with E-state index in [-0.39, 0.29) is 75.2 Å². The molecular formula is C29H48N2O8. The molecule has 0 aromatic heterocycles. The number of anilines is 2. The largest absolute Gasteiger partial charge is 0.505 e. The Balaban J connectivity index is 0.00000800. The fourth-order valence-electron chi connectivity index (χ4n) is 5.23. The highest BCUT2D eigenvalue weighted by Gasteiger charge is 2.45. The summed E-state index contributed by atoms with van der Waals surface area (Å²) in [4.78, 5) is 51.9. The smallest absolute Gasteiger partial charge is 0.224 e. The van der Waals surface area contributed by atoms with Crippen molar-refractivity contribution in [3.63, 3.8) is 0 Å². The maximum Gasteiger partial charge on any atom is 0.224 e. The number of nitrogens with zero attached hydrogens (tertiary/aromatic N) is 1. The van der Waals surface area contributed by atoms with Crippen molar-refractivity contribution in [3.8, 4) is 5.75 Å². The summed E-state index contributed by atoms with van der Waals surface area (Å²) < 4.78 is 0. The molecule has 1 aliphatic rings. The zero-order chi connectivity index (χ0) is 29.7. The van der Waals surface area contributed by atoms with Gasteiger partial charge >= 0.3 is 0 Å². The molecule has 0 saturated carbocycles. The third kappa shape index (κ3) is 8.09. The Morgan fingerprint density at radius 3 is 2.33 bits per heavy atom. The van der Waals surface area contributed by atoms with Crippen molar-refractivity contribution in [2.45, 2.75) is 78.2 Å². The maximum atomic E-state index is 13.4. The number of rotatable bonds is 13. The van der Waals surface area contributed by atoms with E-state index in [1.165, 1.54) is 6.92 Å². The molecule has 1 aliphatic carbocycles. The van der Waals surface area contributed by atoms with Gasteiger partial charge in [-0.2, -0.15) is 0 Å². The quantitative estimate of drug-likeness (QED) is 0.183. The van der Waals surface area contributed by atoms with Crippen LogP contribution in [0.2, 0.25) is 0 Å². The number of aliphatic hydroxyl groups is 3. The number of hydrogen-bond donors (Lipinski definition) is 5. The Bertz CT molecular complexity index is 1100. The lowest BCUT2D eigenvalue weighted by Gasteiger charge is -2.37. The summed E-state index contributed by atoms with van der Waals surface area (Å²) in [6.07, 6.45) is 0.804. The first-order chi connectivity index (χ1) is 18.0. The number of phenolic OH excluding ortho intramolecular Hbond substituents is 1. The van der Waals surface area contributed by atoms with E-state index in [1.54, 1.807) is 25.1 Å². The highest BCUT2D eigenvalue weighted by molar-refractivity contribution is 6.06. The molecule has 1 amide bonds. The third-order valence-electron chi connectivity index (χ3n) is 7.39. The summed E-state index contributed by atoms with van der Waals surface area (Å²) >= 11 is 0. The lowest BCUT2D eigenvalue weighted by Crippen LogP contribution is -2.51. The van der Waals surface area contributed by atoms with Gasteiger partial charge in [0.05, 0.1) is 24.3 Å². The first-order valence-corrected chi connectivity index (χ1v) is 13.4. The van der Waals surface area contributed by atoms with Gasteiger partial charge in [-0.15, -0.1) is 0 Å². The van der Waals surface area contributed by atoms with Gasteiger partial charge in [-0.25, -0.2) is 0 Å². The predicted octanol–water partition coefficient (Wildman–Crippen LogP) is 3.12. The van der Waals surface area contributed by atoms with Gasteiger partial charge < -0.3 is 30.6 Å². The van der Waals surface area contributed by atoms with E-state index in [2.05, 4.69) is 5.32 Å². The van der Waals surface area contributed by atoms with Crippen LogP contribution in [0.1, 0.15) is 85.0 Å². The van der Waals surface area contributed by atoms with E-state index in [1.807, 2.05) is 20.8 Å². The van der Waals surface area contributed by atoms with E-state index in [4.69, 9.17) is 0 Å². The number of amides is 1. The first-order valence-electron chi connectivity index (χ1n) is 13.4. The molecule has 0 fully saturated rings. The number of carbonyl (C=O) groups is 4. The van der Waals surface area contributed by atoms with Gasteiger partial charge in [0.15, 0.2) is 11.6 Å². The normalized spacial score (nSPS) is 17.7. The minimum absolute atomic E-state index is 0. The Hall–Kier alpha value is -2.82. The van der Waals surface area contributed by atoms with E-state index < -0.39 is 36.1 Å². The van der Waals surface area contributed by atoms with Gasteiger partial charge in [0, 0.05) is 42.1 Å². The number of fused-ring (bicyclic) bond motifs is 1. The van der Waals surface area contributed by atoms with E-state index in [0.29, 0.717) is 24.1 Å². The number of hydrogen-bond acceptors (Lipinski definition) is 9. The Morgan fingerprint density at radius 2 is 1.82 bits per heavy atom. The maximum absolute atomic E-state index is 13.4. The van der Waals surface area contributed by atoms with Crippen LogP contribution in [-0.4, -0.2) is 76.6 Å². The molecule has 0 saturated heterocycles. The molecule has 0 bridgehead atoms. The van der Waals surface area contributed by atoms with Crippen molar-refractivity contribution in [3.05, 3.63) is 17.2 Å². The van der Waals surface area contributed by atoms with Crippen molar-refractivity contribution in [1.29, 1.82) is 0 Å². The molecule has 0 aliphatic heterocycles. The van der Waals surface area contributed by atoms with E-state index in [0.717, 1.165) is 0 Å². The molecule has 1 aromatic rings. The van der Waals surface area contributed by atoms with Gasteiger partial charge in [-0.05, 0) is 61.5 Å². The Kier molecular flexibility index (Phi) is 10.8. The molecule has 5 N–H and O–H groups in total. The molecule has 222 valence electrons. The monoisotopic (exact) mass is 552 g/mol. The van der Waals surface area contributed by atoms with Crippen molar-refractivity contribution in [2.24, 2.45) is 17.3 Å². The number of benzene rings is 1. The topological polar surface area (TPSA) is 164 Å². The molecular weight excluding hydrogens is 504 g/mol. The molecule has 39 heavy (non-hydrogen) atoms. The second-order valence-electron chi connectivity index (χ2n) is 12.2. The molecule has 2 unspecified atom stereocenters. The van der Waals surface area contributed by atoms with Crippen LogP contribution in [-0.2, 0) is 20.8 Å².